The summed E-state index contributed by atoms with van der Waals surface area (Å²) in [4.78, 5) is 19.8. The number of hydrogen-bond acceptors (Lipinski definition) is 5. The number of benzene rings is 2. The third-order valence-corrected chi connectivity index (χ3v) is 6.58. The normalized spacial score (nSPS) is 17.7. The molecule has 1 aliphatic heterocycles. The number of aliphatic hydroxyl groups is 1. The molecule has 1 saturated carbocycles. The number of likely N-dealkylation sites (tertiary alicyclic amines) is 1. The standard InChI is InChI=1S/C26H26FN5O2/c27-22-13-18(3-4-19(22)14-28)25-30-24(26(34)31-11-9-20(29)15-31)23(10-12-33)32(25)21-7-5-17(6-8-21)16-1-2-16/h3-8,13,16,20,33H,1-2,9-12,15,29H2/t20-/m1/s1. The molecule has 7 nitrogen and oxygen atoms in total. The maximum absolute atomic E-state index is 14.5. The van der Waals surface area contributed by atoms with Crippen LogP contribution in [0.15, 0.2) is 42.5 Å². The zero-order chi connectivity index (χ0) is 23.8. The molecule has 2 aliphatic rings. The van der Waals surface area contributed by atoms with Crippen molar-refractivity contribution < 1.29 is 14.3 Å². The number of hydrogen-bond donors (Lipinski definition) is 2. The lowest BCUT2D eigenvalue weighted by atomic mass is 10.1. The van der Waals surface area contributed by atoms with Gasteiger partial charge in [-0.25, -0.2) is 9.37 Å². The van der Waals surface area contributed by atoms with E-state index in [1.807, 2.05) is 22.8 Å². The fraction of sp³-hybridized carbons (Fsp3) is 0.346. The predicted octanol–water partition coefficient (Wildman–Crippen LogP) is 3.14. The first-order valence-electron chi connectivity index (χ1n) is 11.6. The number of halogens is 1. The lowest BCUT2D eigenvalue weighted by molar-refractivity contribution is 0.0784. The molecule has 0 bridgehead atoms. The van der Waals surface area contributed by atoms with Gasteiger partial charge in [0.15, 0.2) is 5.69 Å². The topological polar surface area (TPSA) is 108 Å². The van der Waals surface area contributed by atoms with Crippen LogP contribution >= 0.6 is 0 Å². The Bertz CT molecular complexity index is 1270. The van der Waals surface area contributed by atoms with Crippen LogP contribution in [0.1, 0.15) is 52.5 Å². The number of nitrogens with two attached hydrogens (primary N) is 1. The van der Waals surface area contributed by atoms with E-state index >= 15 is 0 Å². The highest BCUT2D eigenvalue weighted by Gasteiger charge is 2.31. The first-order chi connectivity index (χ1) is 16.5. The molecular weight excluding hydrogens is 433 g/mol. The lowest BCUT2D eigenvalue weighted by Gasteiger charge is -2.16. The zero-order valence-corrected chi connectivity index (χ0v) is 18.7. The fourth-order valence-electron chi connectivity index (χ4n) is 4.61. The number of nitrogens with zero attached hydrogens (tertiary/aromatic N) is 4. The Hall–Kier alpha value is -3.54. The number of aromatic nitrogens is 2. The van der Waals surface area contributed by atoms with Crippen LogP contribution in [0, 0.1) is 17.1 Å². The van der Waals surface area contributed by atoms with Crippen molar-refractivity contribution in [1.29, 1.82) is 5.26 Å². The van der Waals surface area contributed by atoms with Gasteiger partial charge >= 0.3 is 0 Å². The van der Waals surface area contributed by atoms with Crippen molar-refractivity contribution in [2.75, 3.05) is 19.7 Å². The molecule has 3 aromatic rings. The Morgan fingerprint density at radius 1 is 1.21 bits per heavy atom. The summed E-state index contributed by atoms with van der Waals surface area (Å²) in [5, 5.41) is 19.0. The molecular formula is C26H26FN5O2. The number of carbonyl (C=O) groups excluding carboxylic acids is 1. The average molecular weight is 460 g/mol. The minimum absolute atomic E-state index is 0.0615. The summed E-state index contributed by atoms with van der Waals surface area (Å²) in [5.41, 5.74) is 9.23. The molecule has 2 fully saturated rings. The first kappa shape index (κ1) is 22.3. The maximum atomic E-state index is 14.5. The monoisotopic (exact) mass is 459 g/mol. The summed E-state index contributed by atoms with van der Waals surface area (Å²) < 4.78 is 16.3. The van der Waals surface area contributed by atoms with Gasteiger partial charge in [0.05, 0.1) is 11.3 Å². The van der Waals surface area contributed by atoms with Gasteiger partial charge in [0, 0.05) is 43.4 Å². The summed E-state index contributed by atoms with van der Waals surface area (Å²) in [6, 6.07) is 14.1. The van der Waals surface area contributed by atoms with Crippen molar-refractivity contribution in [3.8, 4) is 23.1 Å². The summed E-state index contributed by atoms with van der Waals surface area (Å²) in [7, 11) is 0. The van der Waals surface area contributed by atoms with Crippen molar-refractivity contribution in [1.82, 2.24) is 14.5 Å². The SMILES string of the molecule is N#Cc1ccc(-c2nc(C(=O)N3CC[C@@H](N)C3)c(CCO)n2-c2ccc(C3CC3)cc2)cc1F. The highest BCUT2D eigenvalue weighted by molar-refractivity contribution is 5.95. The van der Waals surface area contributed by atoms with E-state index in [2.05, 4.69) is 17.1 Å². The third kappa shape index (κ3) is 4.09. The van der Waals surface area contributed by atoms with E-state index in [9.17, 15) is 14.3 Å². The number of rotatable bonds is 6. The van der Waals surface area contributed by atoms with Crippen molar-refractivity contribution in [2.45, 2.75) is 37.6 Å². The van der Waals surface area contributed by atoms with Crippen LogP contribution in [-0.4, -0.2) is 51.2 Å². The Kier molecular flexibility index (Phi) is 5.90. The second kappa shape index (κ2) is 9.01. The maximum Gasteiger partial charge on any atom is 0.274 e. The Labute approximate surface area is 197 Å². The van der Waals surface area contributed by atoms with Gasteiger partial charge in [-0.05, 0) is 61.1 Å². The Morgan fingerprint density at radius 2 is 1.97 bits per heavy atom. The van der Waals surface area contributed by atoms with Gasteiger partial charge in [-0.15, -0.1) is 0 Å². The second-order valence-corrected chi connectivity index (χ2v) is 9.01. The molecule has 1 aliphatic carbocycles. The van der Waals surface area contributed by atoms with E-state index in [1.165, 1.54) is 30.5 Å². The van der Waals surface area contributed by atoms with Gasteiger partial charge in [0.25, 0.3) is 5.91 Å². The molecule has 34 heavy (non-hydrogen) atoms. The third-order valence-electron chi connectivity index (χ3n) is 6.58. The van der Waals surface area contributed by atoms with Gasteiger partial charge in [0.2, 0.25) is 0 Å². The van der Waals surface area contributed by atoms with Crippen molar-refractivity contribution in [2.24, 2.45) is 5.73 Å². The van der Waals surface area contributed by atoms with Gasteiger partial charge in [-0.2, -0.15) is 5.26 Å². The van der Waals surface area contributed by atoms with Crippen molar-refractivity contribution in [3.05, 3.63) is 70.8 Å². The van der Waals surface area contributed by atoms with E-state index in [0.29, 0.717) is 36.1 Å². The number of carbonyl (C=O) groups is 1. The summed E-state index contributed by atoms with van der Waals surface area (Å²) in [6.45, 7) is 0.816. The van der Waals surface area contributed by atoms with Crippen molar-refractivity contribution >= 4 is 5.91 Å². The number of nitriles is 1. The molecule has 0 spiro atoms. The van der Waals surface area contributed by atoms with Crippen LogP contribution in [0.25, 0.3) is 17.1 Å². The summed E-state index contributed by atoms with van der Waals surface area (Å²) >= 11 is 0. The molecule has 0 unspecified atom stereocenters. The zero-order valence-electron chi connectivity index (χ0n) is 18.7. The van der Waals surface area contributed by atoms with E-state index < -0.39 is 5.82 Å². The Morgan fingerprint density at radius 3 is 2.56 bits per heavy atom. The molecule has 174 valence electrons. The van der Waals surface area contributed by atoms with Crippen LogP contribution in [0.5, 0.6) is 0 Å². The van der Waals surface area contributed by atoms with Crippen LogP contribution < -0.4 is 5.73 Å². The van der Waals surface area contributed by atoms with Crippen LogP contribution in [0.3, 0.4) is 0 Å². The molecule has 1 amide bonds. The molecule has 2 heterocycles. The molecule has 2 aromatic carbocycles. The van der Waals surface area contributed by atoms with E-state index in [-0.39, 0.29) is 36.2 Å². The molecule has 3 N–H and O–H groups in total. The van der Waals surface area contributed by atoms with Crippen molar-refractivity contribution in [3.63, 3.8) is 0 Å². The largest absolute Gasteiger partial charge is 0.396 e. The molecule has 1 saturated heterocycles. The summed E-state index contributed by atoms with van der Waals surface area (Å²) in [5.74, 6) is 0.0797. The average Bonchev–Trinajstić information content (AvgIpc) is 3.50. The highest BCUT2D eigenvalue weighted by Crippen LogP contribution is 2.40. The number of aliphatic hydroxyl groups excluding tert-OH is 1. The quantitative estimate of drug-likeness (QED) is 0.589. The van der Waals surface area contributed by atoms with Crippen LogP contribution in [0.2, 0.25) is 0 Å². The van der Waals surface area contributed by atoms with Gasteiger partial charge in [0.1, 0.15) is 17.7 Å². The second-order valence-electron chi connectivity index (χ2n) is 9.01. The van der Waals surface area contributed by atoms with E-state index in [0.717, 1.165) is 12.1 Å². The Balaban J connectivity index is 1.67. The van der Waals surface area contributed by atoms with Crippen LogP contribution in [-0.2, 0) is 6.42 Å². The fourth-order valence-corrected chi connectivity index (χ4v) is 4.61. The molecule has 1 aromatic heterocycles. The minimum atomic E-state index is -0.652. The number of amides is 1. The summed E-state index contributed by atoms with van der Waals surface area (Å²) in [6.07, 6.45) is 3.30. The molecule has 0 radical (unpaired) electrons. The van der Waals surface area contributed by atoms with Gasteiger partial charge in [-0.3, -0.25) is 9.36 Å². The van der Waals surface area contributed by atoms with Gasteiger partial charge in [-0.1, -0.05) is 12.1 Å². The predicted molar refractivity (Wildman–Crippen MR) is 125 cm³/mol. The van der Waals surface area contributed by atoms with Crippen LogP contribution in [0.4, 0.5) is 4.39 Å². The molecule has 5 rings (SSSR count). The van der Waals surface area contributed by atoms with Gasteiger partial charge < -0.3 is 15.7 Å². The molecule has 8 heteroatoms. The lowest BCUT2D eigenvalue weighted by Crippen LogP contribution is -2.32. The molecule has 1 atom stereocenters. The van der Waals surface area contributed by atoms with E-state index in [4.69, 9.17) is 11.0 Å². The smallest absolute Gasteiger partial charge is 0.274 e. The van der Waals surface area contributed by atoms with E-state index in [1.54, 1.807) is 11.0 Å². The highest BCUT2D eigenvalue weighted by atomic mass is 19.1. The first-order valence-corrected chi connectivity index (χ1v) is 11.6. The minimum Gasteiger partial charge on any atom is -0.396 e. The number of imidazole rings is 1.